The zero-order valence-electron chi connectivity index (χ0n) is 15.1. The summed E-state index contributed by atoms with van der Waals surface area (Å²) in [5.74, 6) is 0.0984. The van der Waals surface area contributed by atoms with Gasteiger partial charge in [-0.25, -0.2) is 0 Å². The van der Waals surface area contributed by atoms with Crippen molar-refractivity contribution in [1.82, 2.24) is 15.1 Å². The van der Waals surface area contributed by atoms with E-state index in [1.807, 2.05) is 65.6 Å². The number of nitrogens with one attached hydrogen (secondary N) is 1. The first-order valence-corrected chi connectivity index (χ1v) is 9.00. The zero-order valence-corrected chi connectivity index (χ0v) is 15.1. The Labute approximate surface area is 154 Å². The molecule has 2 aromatic rings. The van der Waals surface area contributed by atoms with Gasteiger partial charge in [-0.2, -0.15) is 0 Å². The number of carbonyl (C=O) groups is 2. The molecule has 1 saturated heterocycles. The molecule has 5 heteroatoms. The van der Waals surface area contributed by atoms with Crippen molar-refractivity contribution >= 4 is 11.8 Å². The Morgan fingerprint density at radius 1 is 0.885 bits per heavy atom. The molecule has 0 aromatic heterocycles. The highest BCUT2D eigenvalue weighted by Crippen LogP contribution is 2.21. The third kappa shape index (κ3) is 4.70. The molecule has 0 bridgehead atoms. The van der Waals surface area contributed by atoms with E-state index in [2.05, 4.69) is 10.2 Å². The zero-order chi connectivity index (χ0) is 18.4. The molecule has 0 spiro atoms. The lowest BCUT2D eigenvalue weighted by atomic mass is 9.99. The van der Waals surface area contributed by atoms with Crippen LogP contribution in [0, 0.1) is 0 Å². The van der Waals surface area contributed by atoms with Crippen LogP contribution in [0.2, 0.25) is 0 Å². The van der Waals surface area contributed by atoms with Gasteiger partial charge in [0.1, 0.15) is 0 Å². The average Bonchev–Trinajstić information content (AvgIpc) is 2.68. The minimum atomic E-state index is -0.164. The molecule has 0 aliphatic carbocycles. The smallest absolute Gasteiger partial charge is 0.234 e. The number of piperazine rings is 1. The van der Waals surface area contributed by atoms with Crippen LogP contribution in [0.25, 0.3) is 0 Å². The van der Waals surface area contributed by atoms with Crippen LogP contribution in [0.15, 0.2) is 60.7 Å². The largest absolute Gasteiger partial charge is 0.344 e. The molecule has 5 nitrogen and oxygen atoms in total. The molecule has 26 heavy (non-hydrogen) atoms. The van der Waals surface area contributed by atoms with E-state index in [-0.39, 0.29) is 17.9 Å². The Bertz CT molecular complexity index is 686. The van der Waals surface area contributed by atoms with E-state index < -0.39 is 0 Å². The Kier molecular flexibility index (Phi) is 6.02. The maximum atomic E-state index is 12.7. The Balaban J connectivity index is 1.64. The molecule has 1 aliphatic heterocycles. The molecule has 0 radical (unpaired) electrons. The summed E-state index contributed by atoms with van der Waals surface area (Å²) in [6.45, 7) is 4.77. The topological polar surface area (TPSA) is 52.7 Å². The molecule has 1 heterocycles. The second-order valence-electron chi connectivity index (χ2n) is 6.60. The van der Waals surface area contributed by atoms with Gasteiger partial charge in [-0.3, -0.25) is 14.5 Å². The Morgan fingerprint density at radius 3 is 1.85 bits per heavy atom. The Hall–Kier alpha value is -2.66. The quantitative estimate of drug-likeness (QED) is 0.897. The van der Waals surface area contributed by atoms with Gasteiger partial charge in [0.05, 0.1) is 12.6 Å². The van der Waals surface area contributed by atoms with Crippen molar-refractivity contribution in [1.29, 1.82) is 0 Å². The lowest BCUT2D eigenvalue weighted by Crippen LogP contribution is -2.50. The molecule has 2 amide bonds. The summed E-state index contributed by atoms with van der Waals surface area (Å²) >= 11 is 0. The third-order valence-electron chi connectivity index (χ3n) is 4.76. The van der Waals surface area contributed by atoms with Crippen molar-refractivity contribution in [2.45, 2.75) is 13.0 Å². The highest BCUT2D eigenvalue weighted by Gasteiger charge is 2.22. The highest BCUT2D eigenvalue weighted by molar-refractivity contribution is 5.79. The van der Waals surface area contributed by atoms with Gasteiger partial charge < -0.3 is 10.2 Å². The molecule has 0 atom stereocenters. The number of benzene rings is 2. The van der Waals surface area contributed by atoms with Crippen LogP contribution >= 0.6 is 0 Å². The third-order valence-corrected chi connectivity index (χ3v) is 4.76. The highest BCUT2D eigenvalue weighted by atomic mass is 16.2. The molecule has 136 valence electrons. The van der Waals surface area contributed by atoms with Gasteiger partial charge in [-0.1, -0.05) is 60.7 Å². The molecule has 2 aromatic carbocycles. The van der Waals surface area contributed by atoms with Crippen LogP contribution in [-0.4, -0.2) is 54.3 Å². The van der Waals surface area contributed by atoms with E-state index in [9.17, 15) is 9.59 Å². The standard InChI is InChI=1S/C21H25N3O2/c1-17(25)24-14-12-23(13-15-24)16-20(26)22-21(18-8-4-2-5-9-18)19-10-6-3-7-11-19/h2-11,21H,12-16H2,1H3,(H,22,26). The maximum absolute atomic E-state index is 12.7. The van der Waals surface area contributed by atoms with Crippen LogP contribution in [0.4, 0.5) is 0 Å². The fraction of sp³-hybridized carbons (Fsp3) is 0.333. The molecule has 3 rings (SSSR count). The van der Waals surface area contributed by atoms with E-state index in [0.717, 1.165) is 24.2 Å². The van der Waals surface area contributed by atoms with Gasteiger partial charge in [0, 0.05) is 33.1 Å². The number of rotatable bonds is 5. The van der Waals surface area contributed by atoms with Crippen LogP contribution in [0.3, 0.4) is 0 Å². The molecular formula is C21H25N3O2. The first-order valence-electron chi connectivity index (χ1n) is 9.00. The Morgan fingerprint density at radius 2 is 1.38 bits per heavy atom. The lowest BCUT2D eigenvalue weighted by molar-refractivity contribution is -0.131. The van der Waals surface area contributed by atoms with Gasteiger partial charge in [0.15, 0.2) is 0 Å². The molecule has 1 N–H and O–H groups in total. The summed E-state index contributed by atoms with van der Waals surface area (Å²) < 4.78 is 0. The van der Waals surface area contributed by atoms with E-state index in [1.54, 1.807) is 6.92 Å². The van der Waals surface area contributed by atoms with Gasteiger partial charge in [0.2, 0.25) is 11.8 Å². The van der Waals surface area contributed by atoms with Gasteiger partial charge >= 0.3 is 0 Å². The number of hydrogen-bond donors (Lipinski definition) is 1. The number of hydrogen-bond acceptors (Lipinski definition) is 3. The summed E-state index contributed by atoms with van der Waals surface area (Å²) in [7, 11) is 0. The van der Waals surface area contributed by atoms with Gasteiger partial charge in [-0.05, 0) is 11.1 Å². The van der Waals surface area contributed by atoms with Gasteiger partial charge in [-0.15, -0.1) is 0 Å². The summed E-state index contributed by atoms with van der Waals surface area (Å²) in [6.07, 6.45) is 0. The van der Waals surface area contributed by atoms with E-state index in [1.165, 1.54) is 0 Å². The van der Waals surface area contributed by atoms with Gasteiger partial charge in [0.25, 0.3) is 0 Å². The molecule has 1 aliphatic rings. The lowest BCUT2D eigenvalue weighted by Gasteiger charge is -2.34. The summed E-state index contributed by atoms with van der Waals surface area (Å²) in [4.78, 5) is 28.0. The fourth-order valence-electron chi connectivity index (χ4n) is 3.28. The van der Waals surface area contributed by atoms with Crippen molar-refractivity contribution in [3.05, 3.63) is 71.8 Å². The molecule has 1 fully saturated rings. The number of nitrogens with zero attached hydrogens (tertiary/aromatic N) is 2. The SMILES string of the molecule is CC(=O)N1CCN(CC(=O)NC(c2ccccc2)c2ccccc2)CC1. The predicted molar refractivity (Wildman–Crippen MR) is 102 cm³/mol. The van der Waals surface area contributed by atoms with Crippen molar-refractivity contribution < 1.29 is 9.59 Å². The normalized spacial score (nSPS) is 15.1. The second kappa shape index (κ2) is 8.63. The molecule has 0 unspecified atom stereocenters. The summed E-state index contributed by atoms with van der Waals surface area (Å²) in [5.41, 5.74) is 2.13. The van der Waals surface area contributed by atoms with Crippen LogP contribution in [-0.2, 0) is 9.59 Å². The molecular weight excluding hydrogens is 326 g/mol. The van der Waals surface area contributed by atoms with Crippen LogP contribution in [0.1, 0.15) is 24.1 Å². The van der Waals surface area contributed by atoms with E-state index in [0.29, 0.717) is 19.6 Å². The van der Waals surface area contributed by atoms with Crippen molar-refractivity contribution in [2.75, 3.05) is 32.7 Å². The van der Waals surface area contributed by atoms with Crippen LogP contribution < -0.4 is 5.32 Å². The summed E-state index contributed by atoms with van der Waals surface area (Å²) in [5, 5.41) is 3.17. The summed E-state index contributed by atoms with van der Waals surface area (Å²) in [6, 6.07) is 19.8. The molecule has 0 saturated carbocycles. The van der Waals surface area contributed by atoms with E-state index >= 15 is 0 Å². The van der Waals surface area contributed by atoms with Crippen molar-refractivity contribution in [3.63, 3.8) is 0 Å². The van der Waals surface area contributed by atoms with Crippen molar-refractivity contribution in [2.24, 2.45) is 0 Å². The minimum absolute atomic E-state index is 0.000943. The minimum Gasteiger partial charge on any atom is -0.344 e. The van der Waals surface area contributed by atoms with E-state index in [4.69, 9.17) is 0 Å². The first kappa shape index (κ1) is 18.1. The van der Waals surface area contributed by atoms with Crippen molar-refractivity contribution in [3.8, 4) is 0 Å². The monoisotopic (exact) mass is 351 g/mol. The number of carbonyl (C=O) groups excluding carboxylic acids is 2. The fourth-order valence-corrected chi connectivity index (χ4v) is 3.28. The predicted octanol–water partition coefficient (Wildman–Crippen LogP) is 2.06. The number of amides is 2. The maximum Gasteiger partial charge on any atom is 0.234 e. The van der Waals surface area contributed by atoms with Crippen LogP contribution in [0.5, 0.6) is 0 Å². The first-order chi connectivity index (χ1) is 12.6. The average molecular weight is 351 g/mol. The second-order valence-corrected chi connectivity index (χ2v) is 6.60.